The SMILES string of the molecule is CNCCC1CCN(C(=O)c2ccc(-n3ccnc3)nc2)CC1. The molecule has 3 heterocycles. The van der Waals surface area contributed by atoms with Crippen molar-refractivity contribution >= 4 is 5.91 Å². The van der Waals surface area contributed by atoms with Crippen LogP contribution in [0.5, 0.6) is 0 Å². The Kier molecular flexibility index (Phi) is 5.02. The minimum absolute atomic E-state index is 0.0850. The summed E-state index contributed by atoms with van der Waals surface area (Å²) in [6, 6.07) is 3.70. The van der Waals surface area contributed by atoms with Crippen LogP contribution in [0.2, 0.25) is 0 Å². The maximum Gasteiger partial charge on any atom is 0.255 e. The predicted molar refractivity (Wildman–Crippen MR) is 88.5 cm³/mol. The molecule has 0 spiro atoms. The standard InChI is InChI=1S/C17H23N5O/c1-18-7-4-14-5-9-21(10-6-14)17(23)15-2-3-16(20-12-15)22-11-8-19-13-22/h2-3,8,11-14,18H,4-7,9-10H2,1H3. The fraction of sp³-hybridized carbons (Fsp3) is 0.471. The van der Waals surface area contributed by atoms with Gasteiger partial charge in [0.15, 0.2) is 0 Å². The van der Waals surface area contributed by atoms with Gasteiger partial charge in [0.2, 0.25) is 0 Å². The van der Waals surface area contributed by atoms with E-state index in [9.17, 15) is 4.79 Å². The van der Waals surface area contributed by atoms with Crippen LogP contribution in [0.25, 0.3) is 5.82 Å². The van der Waals surface area contributed by atoms with Gasteiger partial charge in [-0.25, -0.2) is 9.97 Å². The van der Waals surface area contributed by atoms with Gasteiger partial charge in [-0.15, -0.1) is 0 Å². The molecule has 1 saturated heterocycles. The molecule has 1 amide bonds. The monoisotopic (exact) mass is 313 g/mol. The number of aromatic nitrogens is 3. The third kappa shape index (κ3) is 3.76. The minimum atomic E-state index is 0.0850. The van der Waals surface area contributed by atoms with E-state index in [0.717, 1.165) is 44.2 Å². The van der Waals surface area contributed by atoms with Gasteiger partial charge >= 0.3 is 0 Å². The lowest BCUT2D eigenvalue weighted by Gasteiger charge is -2.32. The Labute approximate surface area is 136 Å². The summed E-state index contributed by atoms with van der Waals surface area (Å²) in [6.07, 6.45) is 10.3. The van der Waals surface area contributed by atoms with E-state index >= 15 is 0 Å². The normalized spacial score (nSPS) is 15.8. The highest BCUT2D eigenvalue weighted by Gasteiger charge is 2.23. The zero-order valence-corrected chi connectivity index (χ0v) is 13.5. The first-order valence-corrected chi connectivity index (χ1v) is 8.16. The largest absolute Gasteiger partial charge is 0.339 e. The first-order valence-electron chi connectivity index (χ1n) is 8.16. The Bertz CT molecular complexity index is 615. The molecule has 6 nitrogen and oxygen atoms in total. The molecule has 0 saturated carbocycles. The summed E-state index contributed by atoms with van der Waals surface area (Å²) in [5, 5.41) is 3.20. The average Bonchev–Trinajstić information content (AvgIpc) is 3.14. The maximum absolute atomic E-state index is 12.6. The molecule has 1 fully saturated rings. The van der Waals surface area contributed by atoms with E-state index in [1.807, 2.05) is 34.8 Å². The van der Waals surface area contributed by atoms with E-state index < -0.39 is 0 Å². The zero-order valence-electron chi connectivity index (χ0n) is 13.5. The molecule has 2 aromatic heterocycles. The molecule has 0 unspecified atom stereocenters. The van der Waals surface area contributed by atoms with E-state index in [0.29, 0.717) is 5.56 Å². The number of hydrogen-bond acceptors (Lipinski definition) is 4. The van der Waals surface area contributed by atoms with Crippen LogP contribution < -0.4 is 5.32 Å². The van der Waals surface area contributed by atoms with E-state index in [-0.39, 0.29) is 5.91 Å². The highest BCUT2D eigenvalue weighted by atomic mass is 16.2. The summed E-state index contributed by atoms with van der Waals surface area (Å²) in [5.41, 5.74) is 0.655. The van der Waals surface area contributed by atoms with Crippen LogP contribution in [-0.2, 0) is 0 Å². The van der Waals surface area contributed by atoms with Crippen molar-refractivity contribution in [2.75, 3.05) is 26.7 Å². The van der Waals surface area contributed by atoms with Crippen molar-refractivity contribution in [3.05, 3.63) is 42.6 Å². The second-order valence-electron chi connectivity index (χ2n) is 6.00. The van der Waals surface area contributed by atoms with Crippen LogP contribution in [0.15, 0.2) is 37.1 Å². The fourth-order valence-electron chi connectivity index (χ4n) is 3.02. The third-order valence-electron chi connectivity index (χ3n) is 4.47. The topological polar surface area (TPSA) is 63.1 Å². The second kappa shape index (κ2) is 7.37. The van der Waals surface area contributed by atoms with Gasteiger partial charge < -0.3 is 10.2 Å². The van der Waals surface area contributed by atoms with Gasteiger partial charge in [0.25, 0.3) is 5.91 Å². The number of pyridine rings is 1. The first kappa shape index (κ1) is 15.7. The quantitative estimate of drug-likeness (QED) is 0.913. The number of rotatable bonds is 5. The lowest BCUT2D eigenvalue weighted by molar-refractivity contribution is 0.0686. The summed E-state index contributed by atoms with van der Waals surface area (Å²) in [6.45, 7) is 2.74. The predicted octanol–water partition coefficient (Wildman–Crippen LogP) is 1.73. The van der Waals surface area contributed by atoms with Gasteiger partial charge in [0.1, 0.15) is 12.1 Å². The van der Waals surface area contributed by atoms with Crippen molar-refractivity contribution in [3.8, 4) is 5.82 Å². The summed E-state index contributed by atoms with van der Waals surface area (Å²) in [5.74, 6) is 1.58. The molecule has 1 aliphatic rings. The van der Waals surface area contributed by atoms with Crippen molar-refractivity contribution in [1.29, 1.82) is 0 Å². The Morgan fingerprint density at radius 2 is 2.17 bits per heavy atom. The van der Waals surface area contributed by atoms with Crippen LogP contribution in [0.4, 0.5) is 0 Å². The van der Waals surface area contributed by atoms with Crippen molar-refractivity contribution in [2.24, 2.45) is 5.92 Å². The highest BCUT2D eigenvalue weighted by molar-refractivity contribution is 5.94. The smallest absolute Gasteiger partial charge is 0.255 e. The highest BCUT2D eigenvalue weighted by Crippen LogP contribution is 2.21. The van der Waals surface area contributed by atoms with Gasteiger partial charge in [-0.2, -0.15) is 0 Å². The van der Waals surface area contributed by atoms with Crippen LogP contribution in [0.3, 0.4) is 0 Å². The number of carbonyl (C=O) groups excluding carboxylic acids is 1. The van der Waals surface area contributed by atoms with E-state index in [1.165, 1.54) is 6.42 Å². The molecule has 0 aromatic carbocycles. The Hall–Kier alpha value is -2.21. The summed E-state index contributed by atoms with van der Waals surface area (Å²) >= 11 is 0. The van der Waals surface area contributed by atoms with Crippen LogP contribution in [-0.4, -0.2) is 52.0 Å². The molecule has 0 atom stereocenters. The molecular formula is C17H23N5O. The molecule has 1 N–H and O–H groups in total. The Morgan fingerprint density at radius 3 is 2.78 bits per heavy atom. The van der Waals surface area contributed by atoms with Crippen LogP contribution in [0.1, 0.15) is 29.6 Å². The molecule has 6 heteroatoms. The second-order valence-corrected chi connectivity index (χ2v) is 6.00. The number of likely N-dealkylation sites (tertiary alicyclic amines) is 1. The molecule has 1 aliphatic heterocycles. The lowest BCUT2D eigenvalue weighted by atomic mass is 9.93. The number of carbonyl (C=O) groups is 1. The molecule has 0 aliphatic carbocycles. The molecule has 23 heavy (non-hydrogen) atoms. The summed E-state index contributed by atoms with van der Waals surface area (Å²) in [7, 11) is 1.99. The molecular weight excluding hydrogens is 290 g/mol. The Balaban J connectivity index is 1.58. The number of amides is 1. The molecule has 0 radical (unpaired) electrons. The third-order valence-corrected chi connectivity index (χ3v) is 4.47. The zero-order chi connectivity index (χ0) is 16.1. The van der Waals surface area contributed by atoms with Crippen molar-refractivity contribution in [2.45, 2.75) is 19.3 Å². The van der Waals surface area contributed by atoms with E-state index in [4.69, 9.17) is 0 Å². The Morgan fingerprint density at radius 1 is 1.35 bits per heavy atom. The fourth-order valence-corrected chi connectivity index (χ4v) is 3.02. The number of nitrogens with zero attached hydrogens (tertiary/aromatic N) is 4. The first-order chi connectivity index (χ1) is 11.3. The summed E-state index contributed by atoms with van der Waals surface area (Å²) < 4.78 is 1.82. The molecule has 2 aromatic rings. The van der Waals surface area contributed by atoms with Crippen molar-refractivity contribution < 1.29 is 4.79 Å². The maximum atomic E-state index is 12.6. The van der Waals surface area contributed by atoms with E-state index in [1.54, 1.807) is 18.7 Å². The molecule has 3 rings (SSSR count). The van der Waals surface area contributed by atoms with Crippen molar-refractivity contribution in [3.63, 3.8) is 0 Å². The van der Waals surface area contributed by atoms with Crippen LogP contribution in [0, 0.1) is 5.92 Å². The number of piperidine rings is 1. The number of nitrogens with one attached hydrogen (secondary N) is 1. The van der Waals surface area contributed by atoms with E-state index in [2.05, 4.69) is 15.3 Å². The van der Waals surface area contributed by atoms with Gasteiger partial charge in [0.05, 0.1) is 5.56 Å². The number of imidazole rings is 1. The summed E-state index contributed by atoms with van der Waals surface area (Å²) in [4.78, 5) is 22.9. The number of hydrogen-bond donors (Lipinski definition) is 1. The van der Waals surface area contributed by atoms with Gasteiger partial charge in [0, 0.05) is 31.7 Å². The van der Waals surface area contributed by atoms with Crippen molar-refractivity contribution in [1.82, 2.24) is 24.8 Å². The van der Waals surface area contributed by atoms with Gasteiger partial charge in [-0.05, 0) is 50.9 Å². The van der Waals surface area contributed by atoms with Gasteiger partial charge in [-0.3, -0.25) is 9.36 Å². The average molecular weight is 313 g/mol. The van der Waals surface area contributed by atoms with Crippen LogP contribution >= 0.6 is 0 Å². The minimum Gasteiger partial charge on any atom is -0.339 e. The van der Waals surface area contributed by atoms with Gasteiger partial charge in [-0.1, -0.05) is 0 Å². The lowest BCUT2D eigenvalue weighted by Crippen LogP contribution is -2.39. The molecule has 0 bridgehead atoms. The molecule has 122 valence electrons.